The third-order valence-electron chi connectivity index (χ3n) is 3.55. The van der Waals surface area contributed by atoms with Gasteiger partial charge in [0.15, 0.2) is 0 Å². The van der Waals surface area contributed by atoms with Crippen molar-refractivity contribution in [1.82, 2.24) is 4.98 Å². The molecular formula is C17H9ClF3N2O. The summed E-state index contributed by atoms with van der Waals surface area (Å²) in [6.07, 6.45) is -2.03. The molecular weight excluding hydrogens is 341 g/mol. The van der Waals surface area contributed by atoms with E-state index in [4.69, 9.17) is 17.3 Å². The molecule has 7 heteroatoms. The topological polar surface area (TPSA) is 56.0 Å². The van der Waals surface area contributed by atoms with Gasteiger partial charge in [0, 0.05) is 16.0 Å². The molecule has 1 radical (unpaired) electrons. The number of amides is 1. The highest BCUT2D eigenvalue weighted by atomic mass is 35.5. The maximum Gasteiger partial charge on any atom is 0.417 e. The molecule has 2 aromatic carbocycles. The third kappa shape index (κ3) is 2.80. The Labute approximate surface area is 139 Å². The summed E-state index contributed by atoms with van der Waals surface area (Å²) in [5, 5.41) is 0.884. The molecule has 3 aromatic rings. The highest BCUT2D eigenvalue weighted by molar-refractivity contribution is 6.33. The lowest BCUT2D eigenvalue weighted by Crippen LogP contribution is -2.13. The SMILES string of the molecule is NC(=O)c1n[c]cc2ccc(-c3c(Cl)cccc3C(F)(F)F)cc12. The van der Waals surface area contributed by atoms with E-state index in [1.807, 2.05) is 0 Å². The Morgan fingerprint density at radius 1 is 1.21 bits per heavy atom. The molecule has 3 nitrogen and oxygen atoms in total. The largest absolute Gasteiger partial charge is 0.417 e. The number of hydrogen-bond acceptors (Lipinski definition) is 2. The highest BCUT2D eigenvalue weighted by Gasteiger charge is 2.34. The number of nitrogens with zero attached hydrogens (tertiary/aromatic N) is 1. The lowest BCUT2D eigenvalue weighted by Gasteiger charge is -2.15. The number of nitrogens with two attached hydrogens (primary N) is 1. The van der Waals surface area contributed by atoms with Crippen molar-refractivity contribution in [2.45, 2.75) is 6.18 Å². The molecule has 3 rings (SSSR count). The van der Waals surface area contributed by atoms with Crippen molar-refractivity contribution in [3.63, 3.8) is 0 Å². The number of hydrogen-bond donors (Lipinski definition) is 1. The minimum absolute atomic E-state index is 0.0414. The molecule has 2 N–H and O–H groups in total. The summed E-state index contributed by atoms with van der Waals surface area (Å²) in [5.74, 6) is -0.788. The third-order valence-corrected chi connectivity index (χ3v) is 3.86. The number of aromatic nitrogens is 1. The summed E-state index contributed by atoms with van der Waals surface area (Å²) < 4.78 is 39.9. The second-order valence-electron chi connectivity index (χ2n) is 5.06. The second kappa shape index (κ2) is 5.79. The molecule has 0 saturated carbocycles. The maximum absolute atomic E-state index is 13.3. The van der Waals surface area contributed by atoms with Gasteiger partial charge in [-0.05, 0) is 35.2 Å². The van der Waals surface area contributed by atoms with Crippen molar-refractivity contribution in [2.24, 2.45) is 5.73 Å². The van der Waals surface area contributed by atoms with E-state index in [-0.39, 0.29) is 21.8 Å². The van der Waals surface area contributed by atoms with Crippen LogP contribution in [-0.4, -0.2) is 10.9 Å². The summed E-state index contributed by atoms with van der Waals surface area (Å²) in [4.78, 5) is 15.3. The molecule has 0 fully saturated rings. The number of benzene rings is 2. The van der Waals surface area contributed by atoms with E-state index in [0.29, 0.717) is 10.8 Å². The minimum Gasteiger partial charge on any atom is -0.364 e. The Bertz CT molecular complexity index is 954. The fourth-order valence-corrected chi connectivity index (χ4v) is 2.79. The van der Waals surface area contributed by atoms with Gasteiger partial charge in [0.1, 0.15) is 5.69 Å². The molecule has 1 heterocycles. The number of pyridine rings is 1. The minimum atomic E-state index is -4.57. The monoisotopic (exact) mass is 349 g/mol. The van der Waals surface area contributed by atoms with Gasteiger partial charge >= 0.3 is 6.18 Å². The normalized spacial score (nSPS) is 11.7. The summed E-state index contributed by atoms with van der Waals surface area (Å²) >= 11 is 6.01. The first-order chi connectivity index (χ1) is 11.3. The van der Waals surface area contributed by atoms with Crippen molar-refractivity contribution >= 4 is 28.3 Å². The predicted octanol–water partition coefficient (Wildman–Crippen LogP) is 4.47. The van der Waals surface area contributed by atoms with Crippen LogP contribution in [0.5, 0.6) is 0 Å². The van der Waals surface area contributed by atoms with Gasteiger partial charge in [0.05, 0.1) is 11.8 Å². The summed E-state index contributed by atoms with van der Waals surface area (Å²) in [7, 11) is 0. The highest BCUT2D eigenvalue weighted by Crippen LogP contribution is 2.41. The quantitative estimate of drug-likeness (QED) is 0.742. The molecule has 0 aliphatic heterocycles. The van der Waals surface area contributed by atoms with Gasteiger partial charge in [-0.15, -0.1) is 0 Å². The van der Waals surface area contributed by atoms with E-state index in [0.717, 1.165) is 6.07 Å². The van der Waals surface area contributed by atoms with Crippen LogP contribution in [0.4, 0.5) is 13.2 Å². The van der Waals surface area contributed by atoms with Crippen molar-refractivity contribution in [3.8, 4) is 11.1 Å². The first kappa shape index (κ1) is 16.3. The lowest BCUT2D eigenvalue weighted by atomic mass is 9.96. The molecule has 0 bridgehead atoms. The molecule has 0 aliphatic rings. The molecule has 121 valence electrons. The Balaban J connectivity index is 2.32. The number of rotatable bonds is 2. The lowest BCUT2D eigenvalue weighted by molar-refractivity contribution is -0.137. The van der Waals surface area contributed by atoms with Crippen LogP contribution >= 0.6 is 11.6 Å². The van der Waals surface area contributed by atoms with Crippen molar-refractivity contribution in [3.05, 3.63) is 64.9 Å². The van der Waals surface area contributed by atoms with E-state index in [1.54, 1.807) is 6.07 Å². The predicted molar refractivity (Wildman–Crippen MR) is 84.5 cm³/mol. The van der Waals surface area contributed by atoms with Crippen LogP contribution in [0, 0.1) is 6.20 Å². The van der Waals surface area contributed by atoms with Gasteiger partial charge in [-0.2, -0.15) is 13.2 Å². The first-order valence-electron chi connectivity index (χ1n) is 6.76. The van der Waals surface area contributed by atoms with E-state index < -0.39 is 17.6 Å². The molecule has 24 heavy (non-hydrogen) atoms. The van der Waals surface area contributed by atoms with Crippen molar-refractivity contribution in [1.29, 1.82) is 0 Å². The Morgan fingerprint density at radius 3 is 2.62 bits per heavy atom. The Kier molecular flexibility index (Phi) is 3.93. The number of primary amides is 1. The average molecular weight is 350 g/mol. The smallest absolute Gasteiger partial charge is 0.364 e. The van der Waals surface area contributed by atoms with Crippen LogP contribution in [0.25, 0.3) is 21.9 Å². The zero-order valence-corrected chi connectivity index (χ0v) is 12.7. The maximum atomic E-state index is 13.3. The molecule has 1 aromatic heterocycles. The van der Waals surface area contributed by atoms with Crippen LogP contribution in [0.2, 0.25) is 5.02 Å². The molecule has 0 aliphatic carbocycles. The van der Waals surface area contributed by atoms with Gasteiger partial charge in [-0.3, -0.25) is 4.79 Å². The van der Waals surface area contributed by atoms with Gasteiger partial charge in [-0.25, -0.2) is 4.98 Å². The summed E-state index contributed by atoms with van der Waals surface area (Å²) in [5.41, 5.74) is 4.42. The van der Waals surface area contributed by atoms with E-state index in [2.05, 4.69) is 11.2 Å². The van der Waals surface area contributed by atoms with Crippen molar-refractivity contribution in [2.75, 3.05) is 0 Å². The van der Waals surface area contributed by atoms with Crippen LogP contribution in [0.1, 0.15) is 16.1 Å². The molecule has 1 amide bonds. The van der Waals surface area contributed by atoms with Crippen molar-refractivity contribution < 1.29 is 18.0 Å². The first-order valence-corrected chi connectivity index (χ1v) is 7.13. The number of carbonyl (C=O) groups excluding carboxylic acids is 1. The molecule has 0 atom stereocenters. The zero-order valence-electron chi connectivity index (χ0n) is 12.0. The molecule has 0 spiro atoms. The Morgan fingerprint density at radius 2 is 1.96 bits per heavy atom. The van der Waals surface area contributed by atoms with Crippen LogP contribution < -0.4 is 5.73 Å². The summed E-state index contributed by atoms with van der Waals surface area (Å²) in [6, 6.07) is 9.58. The van der Waals surface area contributed by atoms with Gasteiger partial charge < -0.3 is 5.73 Å². The van der Waals surface area contributed by atoms with Gasteiger partial charge in [0.2, 0.25) is 0 Å². The van der Waals surface area contributed by atoms with Crippen LogP contribution in [-0.2, 0) is 6.18 Å². The fraction of sp³-hybridized carbons (Fsp3) is 0.0588. The fourth-order valence-electron chi connectivity index (χ4n) is 2.51. The number of alkyl halides is 3. The van der Waals surface area contributed by atoms with Gasteiger partial charge in [-0.1, -0.05) is 29.8 Å². The summed E-state index contributed by atoms with van der Waals surface area (Å²) in [6.45, 7) is 0. The molecule has 0 saturated heterocycles. The van der Waals surface area contributed by atoms with E-state index in [1.165, 1.54) is 30.3 Å². The second-order valence-corrected chi connectivity index (χ2v) is 5.47. The number of halogens is 4. The molecule has 0 unspecified atom stereocenters. The van der Waals surface area contributed by atoms with Crippen LogP contribution in [0.15, 0.2) is 42.5 Å². The van der Waals surface area contributed by atoms with Crippen LogP contribution in [0.3, 0.4) is 0 Å². The van der Waals surface area contributed by atoms with E-state index >= 15 is 0 Å². The number of carbonyl (C=O) groups is 1. The average Bonchev–Trinajstić information content (AvgIpc) is 2.52. The Hall–Kier alpha value is -2.60. The number of fused-ring (bicyclic) bond motifs is 1. The standard InChI is InChI=1S/C17H9ClF3N2O/c18-13-3-1-2-12(17(19,20)21)14(13)10-5-4-9-6-7-23-15(16(22)24)11(9)8-10/h1-6,8H,(H2,22,24). The van der Waals surface area contributed by atoms with E-state index in [9.17, 15) is 18.0 Å². The zero-order chi connectivity index (χ0) is 17.5. The van der Waals surface area contributed by atoms with Gasteiger partial charge in [0.25, 0.3) is 5.91 Å².